The molecule has 0 aliphatic carbocycles. The molecule has 6 nitrogen and oxygen atoms in total. The number of carbonyl (C=O) groups excluding carboxylic acids is 1. The fourth-order valence-electron chi connectivity index (χ4n) is 3.90. The van der Waals surface area contributed by atoms with E-state index in [2.05, 4.69) is 22.4 Å². The van der Waals surface area contributed by atoms with Crippen molar-refractivity contribution in [1.82, 2.24) is 19.9 Å². The molecular weight excluding hydrogens is 364 g/mol. The number of hydrogen-bond acceptors (Lipinski definition) is 4. The van der Waals surface area contributed by atoms with Gasteiger partial charge in [-0.2, -0.15) is 0 Å². The van der Waals surface area contributed by atoms with Crippen LogP contribution in [0.5, 0.6) is 5.75 Å². The van der Waals surface area contributed by atoms with Crippen molar-refractivity contribution in [2.24, 2.45) is 0 Å². The number of rotatable bonds is 5. The predicted octanol–water partition coefficient (Wildman–Crippen LogP) is 4.26. The number of benzene rings is 2. The van der Waals surface area contributed by atoms with Gasteiger partial charge in [-0.15, -0.1) is 5.10 Å². The molecule has 150 valence electrons. The van der Waals surface area contributed by atoms with Gasteiger partial charge in [0.2, 0.25) is 0 Å². The molecule has 4 rings (SSSR count). The van der Waals surface area contributed by atoms with Gasteiger partial charge in [-0.1, -0.05) is 35.0 Å². The zero-order valence-corrected chi connectivity index (χ0v) is 17.1. The maximum Gasteiger partial charge on any atom is 0.276 e. The van der Waals surface area contributed by atoms with Gasteiger partial charge in [-0.3, -0.25) is 4.79 Å². The van der Waals surface area contributed by atoms with Crippen molar-refractivity contribution in [3.05, 3.63) is 71.0 Å². The minimum absolute atomic E-state index is 0.0575. The fraction of sp³-hybridized carbons (Fsp3) is 0.348. The van der Waals surface area contributed by atoms with E-state index >= 15 is 0 Å². The van der Waals surface area contributed by atoms with Crippen LogP contribution in [0.15, 0.2) is 48.5 Å². The van der Waals surface area contributed by atoms with Crippen LogP contribution < -0.4 is 4.74 Å². The zero-order valence-electron chi connectivity index (χ0n) is 17.1. The summed E-state index contributed by atoms with van der Waals surface area (Å²) in [6, 6.07) is 16.1. The van der Waals surface area contributed by atoms with Crippen LogP contribution in [0.1, 0.15) is 53.1 Å². The average molecular weight is 390 g/mol. The first-order valence-corrected chi connectivity index (χ1v) is 10.1. The number of likely N-dealkylation sites (tertiary alicyclic amines) is 1. The second-order valence-electron chi connectivity index (χ2n) is 7.43. The number of ether oxygens (including phenoxy) is 1. The third-order valence-electron chi connectivity index (χ3n) is 5.47. The first-order chi connectivity index (χ1) is 14.1. The van der Waals surface area contributed by atoms with E-state index in [4.69, 9.17) is 4.74 Å². The smallest absolute Gasteiger partial charge is 0.276 e. The van der Waals surface area contributed by atoms with Crippen LogP contribution in [0.4, 0.5) is 0 Å². The Hall–Kier alpha value is -3.15. The lowest BCUT2D eigenvalue weighted by molar-refractivity contribution is 0.0729. The van der Waals surface area contributed by atoms with Crippen LogP contribution in [0, 0.1) is 13.8 Å². The van der Waals surface area contributed by atoms with Crippen LogP contribution in [-0.4, -0.2) is 39.0 Å². The molecule has 1 amide bonds. The number of hydrogen-bond donors (Lipinski definition) is 0. The summed E-state index contributed by atoms with van der Waals surface area (Å²) in [5.41, 5.74) is 4.39. The Labute approximate surface area is 171 Å². The molecule has 1 atom stereocenters. The Morgan fingerprint density at radius 1 is 1.10 bits per heavy atom. The normalized spacial score (nSPS) is 16.2. The summed E-state index contributed by atoms with van der Waals surface area (Å²) in [7, 11) is 0. The predicted molar refractivity (Wildman–Crippen MR) is 111 cm³/mol. The molecule has 0 radical (unpaired) electrons. The molecule has 2 aromatic carbocycles. The standard InChI is InChI=1S/C23H26N4O2/c1-4-29-20-13-9-18(10-14-20)21-6-5-15-26(21)23(28)22-17(3)27(25-24-22)19-11-7-16(2)8-12-19/h7-14,21H,4-6,15H2,1-3H3. The summed E-state index contributed by atoms with van der Waals surface area (Å²) in [6.45, 7) is 7.28. The molecule has 1 saturated heterocycles. The monoisotopic (exact) mass is 390 g/mol. The highest BCUT2D eigenvalue weighted by atomic mass is 16.5. The molecule has 0 N–H and O–H groups in total. The molecule has 0 bridgehead atoms. The number of carbonyl (C=O) groups is 1. The number of amides is 1. The minimum Gasteiger partial charge on any atom is -0.494 e. The van der Waals surface area contributed by atoms with Crippen molar-refractivity contribution >= 4 is 5.91 Å². The Morgan fingerprint density at radius 3 is 2.52 bits per heavy atom. The van der Waals surface area contributed by atoms with E-state index in [-0.39, 0.29) is 11.9 Å². The van der Waals surface area contributed by atoms with Crippen LogP contribution >= 0.6 is 0 Å². The van der Waals surface area contributed by atoms with E-state index in [1.807, 2.05) is 62.1 Å². The zero-order chi connectivity index (χ0) is 20.4. The van der Waals surface area contributed by atoms with Crippen LogP contribution in [0.25, 0.3) is 5.69 Å². The van der Waals surface area contributed by atoms with Crippen LogP contribution in [0.3, 0.4) is 0 Å². The molecule has 6 heteroatoms. The molecule has 3 aromatic rings. The highest BCUT2D eigenvalue weighted by Crippen LogP contribution is 2.34. The van der Waals surface area contributed by atoms with Crippen molar-refractivity contribution < 1.29 is 9.53 Å². The molecular formula is C23H26N4O2. The largest absolute Gasteiger partial charge is 0.494 e. The maximum atomic E-state index is 13.3. The van der Waals surface area contributed by atoms with Gasteiger partial charge in [0.25, 0.3) is 5.91 Å². The summed E-state index contributed by atoms with van der Waals surface area (Å²) in [4.78, 5) is 15.2. The Bertz CT molecular complexity index is 993. The molecule has 1 fully saturated rings. The first kappa shape index (κ1) is 19.2. The number of aryl methyl sites for hydroxylation is 1. The molecule has 0 saturated carbocycles. The van der Waals surface area contributed by atoms with Crippen molar-refractivity contribution in [2.45, 2.75) is 39.7 Å². The van der Waals surface area contributed by atoms with Crippen LogP contribution in [-0.2, 0) is 0 Å². The van der Waals surface area contributed by atoms with Crippen molar-refractivity contribution in [2.75, 3.05) is 13.2 Å². The number of nitrogens with zero attached hydrogens (tertiary/aromatic N) is 4. The first-order valence-electron chi connectivity index (χ1n) is 10.1. The number of aromatic nitrogens is 3. The maximum absolute atomic E-state index is 13.3. The van der Waals surface area contributed by atoms with Crippen molar-refractivity contribution in [1.29, 1.82) is 0 Å². The molecule has 1 aliphatic rings. The van der Waals surface area contributed by atoms with Crippen LogP contribution in [0.2, 0.25) is 0 Å². The SMILES string of the molecule is CCOc1ccc(C2CCCN2C(=O)c2nnn(-c3ccc(C)cc3)c2C)cc1. The quantitative estimate of drug-likeness (QED) is 0.653. The van der Waals surface area contributed by atoms with Crippen molar-refractivity contribution in [3.8, 4) is 11.4 Å². The summed E-state index contributed by atoms with van der Waals surface area (Å²) in [5, 5.41) is 8.47. The second kappa shape index (κ2) is 8.07. The van der Waals surface area contributed by atoms with Gasteiger partial charge in [-0.05, 0) is 63.4 Å². The summed E-state index contributed by atoms with van der Waals surface area (Å²) in [6.07, 6.45) is 1.93. The average Bonchev–Trinajstić information content (AvgIpc) is 3.36. The van der Waals surface area contributed by atoms with Crippen molar-refractivity contribution in [3.63, 3.8) is 0 Å². The molecule has 29 heavy (non-hydrogen) atoms. The lowest BCUT2D eigenvalue weighted by Crippen LogP contribution is -2.31. The molecule has 1 aliphatic heterocycles. The lowest BCUT2D eigenvalue weighted by atomic mass is 10.0. The summed E-state index contributed by atoms with van der Waals surface area (Å²) in [5.74, 6) is 0.793. The minimum atomic E-state index is -0.0581. The molecule has 1 aromatic heterocycles. The van der Waals surface area contributed by atoms with E-state index in [9.17, 15) is 4.79 Å². The molecule has 1 unspecified atom stereocenters. The van der Waals surface area contributed by atoms with Gasteiger partial charge >= 0.3 is 0 Å². The summed E-state index contributed by atoms with van der Waals surface area (Å²) >= 11 is 0. The Balaban J connectivity index is 1.58. The third kappa shape index (κ3) is 3.75. The fourth-order valence-corrected chi connectivity index (χ4v) is 3.90. The van der Waals surface area contributed by atoms with Gasteiger partial charge in [0.1, 0.15) is 5.75 Å². The highest BCUT2D eigenvalue weighted by Gasteiger charge is 2.33. The lowest BCUT2D eigenvalue weighted by Gasteiger charge is -2.24. The van der Waals surface area contributed by atoms with E-state index in [1.54, 1.807) is 4.68 Å². The van der Waals surface area contributed by atoms with Gasteiger partial charge in [0.15, 0.2) is 5.69 Å². The topological polar surface area (TPSA) is 60.2 Å². The second-order valence-corrected chi connectivity index (χ2v) is 7.43. The van der Waals surface area contributed by atoms with E-state index in [0.717, 1.165) is 42.1 Å². The van der Waals surface area contributed by atoms with E-state index in [1.165, 1.54) is 5.56 Å². The van der Waals surface area contributed by atoms with Gasteiger partial charge in [0.05, 0.1) is 24.0 Å². The van der Waals surface area contributed by atoms with Gasteiger partial charge in [0, 0.05) is 6.54 Å². The van der Waals surface area contributed by atoms with Gasteiger partial charge < -0.3 is 9.64 Å². The summed E-state index contributed by atoms with van der Waals surface area (Å²) < 4.78 is 7.26. The highest BCUT2D eigenvalue weighted by molar-refractivity contribution is 5.93. The molecule has 0 spiro atoms. The Morgan fingerprint density at radius 2 is 1.83 bits per heavy atom. The third-order valence-corrected chi connectivity index (χ3v) is 5.47. The van der Waals surface area contributed by atoms with E-state index in [0.29, 0.717) is 12.3 Å². The van der Waals surface area contributed by atoms with Gasteiger partial charge in [-0.25, -0.2) is 4.68 Å². The van der Waals surface area contributed by atoms with E-state index < -0.39 is 0 Å². The molecule has 2 heterocycles. The Kier molecular flexibility index (Phi) is 5.34.